The number of carboxylic acid groups (broad SMARTS) is 1. The Kier molecular flexibility index (Phi) is 9.68. The third kappa shape index (κ3) is 7.16. The minimum Gasteiger partial charge on any atom is -1.00 e. The molecule has 0 saturated carbocycles. The maximum absolute atomic E-state index is 12.3. The molecule has 160 valence electrons. The Morgan fingerprint density at radius 1 is 1.23 bits per heavy atom. The second-order valence-electron chi connectivity index (χ2n) is 7.69. The number of hydrogen-bond acceptors (Lipinski definition) is 5. The Hall–Kier alpha value is -2.22. The van der Waals surface area contributed by atoms with Gasteiger partial charge < -0.3 is 16.3 Å². The van der Waals surface area contributed by atoms with Gasteiger partial charge in [0.15, 0.2) is 0 Å². The number of amides is 1. The summed E-state index contributed by atoms with van der Waals surface area (Å²) in [4.78, 5) is 35.6. The summed E-state index contributed by atoms with van der Waals surface area (Å²) in [6.07, 6.45) is 8.68. The van der Waals surface area contributed by atoms with Crippen LogP contribution in [0.3, 0.4) is 0 Å². The molecule has 3 rings (SSSR count). The molecule has 1 unspecified atom stereocenters. The summed E-state index contributed by atoms with van der Waals surface area (Å²) in [6, 6.07) is 10.1. The van der Waals surface area contributed by atoms with Crippen LogP contribution in [0, 0.1) is 5.92 Å². The van der Waals surface area contributed by atoms with E-state index in [1.54, 1.807) is 6.92 Å². The van der Waals surface area contributed by atoms with E-state index in [9.17, 15) is 9.59 Å². The molecule has 0 bridgehead atoms. The summed E-state index contributed by atoms with van der Waals surface area (Å²) in [5, 5.41) is 8.97. The first-order valence-electron chi connectivity index (χ1n) is 10.2. The Morgan fingerprint density at radius 3 is 2.39 bits per heavy atom. The molecule has 7 nitrogen and oxygen atoms in total. The van der Waals surface area contributed by atoms with Gasteiger partial charge in [-0.25, -0.2) is 14.8 Å². The van der Waals surface area contributed by atoms with Crippen molar-refractivity contribution in [3.05, 3.63) is 59.9 Å². The zero-order chi connectivity index (χ0) is 21.5. The second-order valence-corrected chi connectivity index (χ2v) is 7.69. The van der Waals surface area contributed by atoms with Gasteiger partial charge in [0.05, 0.1) is 5.56 Å². The summed E-state index contributed by atoms with van der Waals surface area (Å²) >= 11 is 0. The number of anilines is 1. The third-order valence-electron chi connectivity index (χ3n) is 5.50. The number of aromatic carboxylic acids is 1. The number of nitrogens with zero attached hydrogens (tertiary/aromatic N) is 4. The largest absolute Gasteiger partial charge is 1.00 e. The van der Waals surface area contributed by atoms with Gasteiger partial charge in [0.25, 0.3) is 0 Å². The van der Waals surface area contributed by atoms with E-state index in [2.05, 4.69) is 27.0 Å². The van der Waals surface area contributed by atoms with Gasteiger partial charge in [0, 0.05) is 45.0 Å². The fourth-order valence-corrected chi connectivity index (χ4v) is 3.69. The van der Waals surface area contributed by atoms with Crippen molar-refractivity contribution in [3.8, 4) is 0 Å². The smallest absolute Gasteiger partial charge is 1.00 e. The Bertz CT molecular complexity index is 888. The predicted octanol–water partition coefficient (Wildman–Crippen LogP) is 0.458. The van der Waals surface area contributed by atoms with Crippen LogP contribution >= 0.6 is 0 Å². The van der Waals surface area contributed by atoms with Crippen LogP contribution in [-0.4, -0.2) is 57.5 Å². The molecule has 2 heterocycles. The first kappa shape index (κ1) is 25.0. The zero-order valence-electron chi connectivity index (χ0n) is 19.4. The first-order chi connectivity index (χ1) is 14.4. The maximum Gasteiger partial charge on any atom is 1.00 e. The monoisotopic (exact) mass is 432 g/mol. The normalized spacial score (nSPS) is 15.4. The van der Waals surface area contributed by atoms with Crippen LogP contribution in [0.4, 0.5) is 5.95 Å². The molecular weight excluding hydrogens is 403 g/mol. The quantitative estimate of drug-likeness (QED) is 0.640. The minimum atomic E-state index is -1.03. The van der Waals surface area contributed by atoms with Crippen LogP contribution in [0.5, 0.6) is 0 Å². The van der Waals surface area contributed by atoms with Gasteiger partial charge in [0.1, 0.15) is 0 Å². The second kappa shape index (κ2) is 12.0. The number of carbonyl (C=O) groups is 2. The standard InChI is InChI=1S/C23H28N4O3.Na.H/c1-17(8-9-19-6-4-3-5-7-19)27(18(2)28)16-20-10-12-26(13-11-20)23-24-14-21(15-25-23)22(29)30;;/h3-9,14-15,17,20H,10-13,16H2,1-2H3,(H,29,30);;/q;+1;-1/b9-8+;;. The number of carbonyl (C=O) groups excluding carboxylic acids is 1. The van der Waals surface area contributed by atoms with E-state index in [-0.39, 0.29) is 48.5 Å². The third-order valence-corrected chi connectivity index (χ3v) is 5.50. The molecule has 1 saturated heterocycles. The number of piperidine rings is 1. The van der Waals surface area contributed by atoms with Gasteiger partial charge in [-0.15, -0.1) is 0 Å². The molecule has 0 spiro atoms. The Balaban J connectivity index is 0.00000256. The zero-order valence-corrected chi connectivity index (χ0v) is 20.4. The van der Waals surface area contributed by atoms with Crippen molar-refractivity contribution in [3.63, 3.8) is 0 Å². The fraction of sp³-hybridized carbons (Fsp3) is 0.391. The SMILES string of the molecule is CC(=O)N(CC1CCN(c2ncc(C(=O)O)cn2)CC1)C(C)/C=C/c1ccccc1.[H-].[Na+]. The molecule has 1 N–H and O–H groups in total. The average Bonchev–Trinajstić information content (AvgIpc) is 2.77. The summed E-state index contributed by atoms with van der Waals surface area (Å²) in [6.45, 7) is 5.98. The Labute approximate surface area is 207 Å². The minimum absolute atomic E-state index is 0. The van der Waals surface area contributed by atoms with Crippen molar-refractivity contribution in [2.24, 2.45) is 5.92 Å². The average molecular weight is 433 g/mol. The number of aromatic nitrogens is 2. The van der Waals surface area contributed by atoms with Crippen LogP contribution in [0.1, 0.15) is 44.0 Å². The summed E-state index contributed by atoms with van der Waals surface area (Å²) in [5.74, 6) is 0.0207. The van der Waals surface area contributed by atoms with Gasteiger partial charge in [0.2, 0.25) is 11.9 Å². The molecule has 1 aromatic carbocycles. The number of carboxylic acids is 1. The van der Waals surface area contributed by atoms with Crippen LogP contribution < -0.4 is 34.5 Å². The van der Waals surface area contributed by atoms with Gasteiger partial charge in [-0.05, 0) is 31.2 Å². The molecule has 1 amide bonds. The maximum atomic E-state index is 12.3. The molecule has 1 aromatic heterocycles. The molecule has 8 heteroatoms. The van der Waals surface area contributed by atoms with Crippen molar-refractivity contribution in [1.82, 2.24) is 14.9 Å². The summed E-state index contributed by atoms with van der Waals surface area (Å²) in [7, 11) is 0. The molecule has 1 aliphatic rings. The summed E-state index contributed by atoms with van der Waals surface area (Å²) < 4.78 is 0. The molecule has 0 aliphatic carbocycles. The topological polar surface area (TPSA) is 86.6 Å². The van der Waals surface area contributed by atoms with Gasteiger partial charge in [-0.3, -0.25) is 4.79 Å². The molecule has 1 fully saturated rings. The summed E-state index contributed by atoms with van der Waals surface area (Å²) in [5.41, 5.74) is 1.21. The number of benzene rings is 1. The molecule has 31 heavy (non-hydrogen) atoms. The van der Waals surface area contributed by atoms with E-state index < -0.39 is 5.97 Å². The fourth-order valence-electron chi connectivity index (χ4n) is 3.69. The predicted molar refractivity (Wildman–Crippen MR) is 117 cm³/mol. The molecular formula is C23H29N4NaO3. The van der Waals surface area contributed by atoms with Crippen molar-refractivity contribution in [2.45, 2.75) is 32.7 Å². The van der Waals surface area contributed by atoms with Gasteiger partial charge in [-0.1, -0.05) is 42.5 Å². The van der Waals surface area contributed by atoms with Crippen molar-refractivity contribution < 1.29 is 45.7 Å². The first-order valence-corrected chi connectivity index (χ1v) is 10.2. The van der Waals surface area contributed by atoms with Crippen LogP contribution in [0.2, 0.25) is 0 Å². The van der Waals surface area contributed by atoms with Gasteiger partial charge in [-0.2, -0.15) is 0 Å². The van der Waals surface area contributed by atoms with Crippen molar-refractivity contribution in [2.75, 3.05) is 24.5 Å². The van der Waals surface area contributed by atoms with E-state index in [0.717, 1.165) is 38.0 Å². The van der Waals surface area contributed by atoms with Crippen molar-refractivity contribution in [1.29, 1.82) is 0 Å². The number of hydrogen-bond donors (Lipinski definition) is 1. The van der Waals surface area contributed by atoms with Crippen LogP contribution in [0.15, 0.2) is 48.8 Å². The number of rotatable bonds is 7. The molecule has 1 aliphatic heterocycles. The van der Waals surface area contributed by atoms with E-state index in [4.69, 9.17) is 5.11 Å². The van der Waals surface area contributed by atoms with Crippen molar-refractivity contribution >= 4 is 23.9 Å². The van der Waals surface area contributed by atoms with Gasteiger partial charge >= 0.3 is 35.5 Å². The van der Waals surface area contributed by atoms with E-state index >= 15 is 0 Å². The molecule has 0 radical (unpaired) electrons. The van der Waals surface area contributed by atoms with Crippen LogP contribution in [-0.2, 0) is 4.79 Å². The Morgan fingerprint density at radius 2 is 1.84 bits per heavy atom. The van der Waals surface area contributed by atoms with E-state index in [0.29, 0.717) is 11.9 Å². The molecule has 2 aromatic rings. The molecule has 1 atom stereocenters. The van der Waals surface area contributed by atoms with E-state index in [1.807, 2.05) is 42.2 Å². The van der Waals surface area contributed by atoms with Crippen LogP contribution in [0.25, 0.3) is 6.08 Å². The van der Waals surface area contributed by atoms with E-state index in [1.165, 1.54) is 12.4 Å².